The predicted octanol–water partition coefficient (Wildman–Crippen LogP) is 1.73. The minimum atomic E-state index is -0.475. The van der Waals surface area contributed by atoms with E-state index in [1.807, 2.05) is 0 Å². The van der Waals surface area contributed by atoms with E-state index in [1.54, 1.807) is 25.1 Å². The van der Waals surface area contributed by atoms with Crippen molar-refractivity contribution in [2.45, 2.75) is 6.92 Å². The van der Waals surface area contributed by atoms with Crippen LogP contribution in [0.1, 0.15) is 12.7 Å². The van der Waals surface area contributed by atoms with Gasteiger partial charge in [0.1, 0.15) is 11.5 Å². The van der Waals surface area contributed by atoms with Crippen LogP contribution in [-0.4, -0.2) is 22.6 Å². The third-order valence-electron chi connectivity index (χ3n) is 2.51. The highest BCUT2D eigenvalue weighted by atomic mass is 16.7. The fourth-order valence-electron chi connectivity index (χ4n) is 1.72. The van der Waals surface area contributed by atoms with Crippen molar-refractivity contribution in [3.8, 4) is 0 Å². The van der Waals surface area contributed by atoms with E-state index in [0.29, 0.717) is 17.4 Å². The maximum atomic E-state index is 11.8. The molecule has 2 aliphatic heterocycles. The Hall–Kier alpha value is -2.63. The molecule has 0 spiro atoms. The monoisotopic (exact) mass is 243 g/mol. The van der Waals surface area contributed by atoms with Crippen LogP contribution in [-0.2, 0) is 9.63 Å². The highest BCUT2D eigenvalue weighted by Gasteiger charge is 2.34. The molecule has 1 N–H and O–H groups in total. The molecule has 3 heterocycles. The molecule has 0 radical (unpaired) electrons. The highest BCUT2D eigenvalue weighted by Crippen LogP contribution is 2.23. The number of nitrogens with one attached hydrogen (secondary N) is 1. The molecule has 3 rings (SSSR count). The van der Waals surface area contributed by atoms with Gasteiger partial charge in [-0.1, -0.05) is 0 Å². The lowest BCUT2D eigenvalue weighted by Gasteiger charge is -2.22. The molecule has 0 fully saturated rings. The van der Waals surface area contributed by atoms with Crippen LogP contribution in [0.3, 0.4) is 0 Å². The van der Waals surface area contributed by atoms with E-state index in [4.69, 9.17) is 14.7 Å². The predicted molar refractivity (Wildman–Crippen MR) is 63.5 cm³/mol. The first-order valence-electron chi connectivity index (χ1n) is 5.29. The van der Waals surface area contributed by atoms with E-state index in [9.17, 15) is 4.79 Å². The number of amides is 1. The number of furan rings is 1. The quantitative estimate of drug-likeness (QED) is 0.762. The molecule has 0 bridgehead atoms. The molecule has 0 atom stereocenters. The summed E-state index contributed by atoms with van der Waals surface area (Å²) in [5, 5.41) is 9.17. The number of allylic oxidation sites excluding steroid dienone is 1. The van der Waals surface area contributed by atoms with Crippen LogP contribution in [0.25, 0.3) is 6.08 Å². The van der Waals surface area contributed by atoms with E-state index in [2.05, 4.69) is 4.99 Å². The first-order chi connectivity index (χ1) is 8.65. The maximum Gasteiger partial charge on any atom is 0.283 e. The van der Waals surface area contributed by atoms with Gasteiger partial charge < -0.3 is 9.25 Å². The van der Waals surface area contributed by atoms with Gasteiger partial charge in [-0.3, -0.25) is 10.2 Å². The zero-order valence-electron chi connectivity index (χ0n) is 9.51. The van der Waals surface area contributed by atoms with E-state index < -0.39 is 5.91 Å². The van der Waals surface area contributed by atoms with Gasteiger partial charge in [-0.15, -0.1) is 5.06 Å². The number of carbonyl (C=O) groups excluding carboxylic acids is 1. The van der Waals surface area contributed by atoms with Crippen LogP contribution in [0.2, 0.25) is 0 Å². The van der Waals surface area contributed by atoms with Gasteiger partial charge in [0.2, 0.25) is 0 Å². The van der Waals surface area contributed by atoms with Crippen molar-refractivity contribution in [1.29, 1.82) is 5.41 Å². The Kier molecular flexibility index (Phi) is 2.16. The van der Waals surface area contributed by atoms with Gasteiger partial charge in [-0.25, -0.2) is 0 Å². The van der Waals surface area contributed by atoms with E-state index in [1.165, 1.54) is 17.4 Å². The fraction of sp³-hybridized carbons (Fsp3) is 0.0833. The van der Waals surface area contributed by atoms with Crippen LogP contribution in [0.5, 0.6) is 0 Å². The summed E-state index contributed by atoms with van der Waals surface area (Å²) in [6.45, 7) is 1.73. The average molecular weight is 243 g/mol. The molecule has 6 nitrogen and oxygen atoms in total. The molecule has 90 valence electrons. The lowest BCUT2D eigenvalue weighted by Crippen LogP contribution is -2.38. The Bertz CT molecular complexity index is 623. The van der Waals surface area contributed by atoms with Crippen LogP contribution in [0.15, 0.2) is 45.2 Å². The molecule has 0 saturated carbocycles. The van der Waals surface area contributed by atoms with Gasteiger partial charge in [0.25, 0.3) is 5.91 Å². The van der Waals surface area contributed by atoms with Gasteiger partial charge in [-0.05, 0) is 25.1 Å². The standard InChI is InChI=1S/C12H9N3O3/c1-7-5-10-14-12(16)9(11(13)15(10)18-7)6-8-3-2-4-17-8/h2-6,13H,1H3. The van der Waals surface area contributed by atoms with Crippen molar-refractivity contribution in [2.75, 3.05) is 0 Å². The fourth-order valence-corrected chi connectivity index (χ4v) is 1.72. The smallest absolute Gasteiger partial charge is 0.283 e. The number of fused-ring (bicyclic) bond motifs is 1. The number of hydrogen-bond donors (Lipinski definition) is 1. The summed E-state index contributed by atoms with van der Waals surface area (Å²) in [5.41, 5.74) is 0.136. The minimum absolute atomic E-state index is 0.0468. The second-order valence-electron chi connectivity index (χ2n) is 3.84. The zero-order valence-corrected chi connectivity index (χ0v) is 9.51. The van der Waals surface area contributed by atoms with Crippen molar-refractivity contribution in [1.82, 2.24) is 5.06 Å². The lowest BCUT2D eigenvalue weighted by molar-refractivity contribution is -0.114. The SMILES string of the molecule is CC1=CC2=NC(=O)C(=Cc3ccco3)C(=N)N2O1. The van der Waals surface area contributed by atoms with Gasteiger partial charge in [-0.2, -0.15) is 4.99 Å². The number of carbonyl (C=O) groups is 1. The van der Waals surface area contributed by atoms with Crippen LogP contribution in [0.4, 0.5) is 0 Å². The van der Waals surface area contributed by atoms with Gasteiger partial charge in [0.05, 0.1) is 11.8 Å². The summed E-state index contributed by atoms with van der Waals surface area (Å²) in [4.78, 5) is 21.0. The number of hydroxylamine groups is 2. The number of hydrogen-bond acceptors (Lipinski definition) is 4. The summed E-state index contributed by atoms with van der Waals surface area (Å²) in [6.07, 6.45) is 4.58. The van der Waals surface area contributed by atoms with E-state index in [-0.39, 0.29) is 11.4 Å². The summed E-state index contributed by atoms with van der Waals surface area (Å²) in [7, 11) is 0. The van der Waals surface area contributed by atoms with E-state index >= 15 is 0 Å². The Morgan fingerprint density at radius 3 is 3.06 bits per heavy atom. The van der Waals surface area contributed by atoms with Crippen molar-refractivity contribution in [2.24, 2.45) is 4.99 Å². The minimum Gasteiger partial charge on any atom is -0.465 e. The zero-order chi connectivity index (χ0) is 12.7. The van der Waals surface area contributed by atoms with Crippen LogP contribution < -0.4 is 0 Å². The molecule has 0 aromatic carbocycles. The summed E-state index contributed by atoms with van der Waals surface area (Å²) in [5.74, 6) is 0.891. The number of rotatable bonds is 1. The summed E-state index contributed by atoms with van der Waals surface area (Å²) < 4.78 is 5.12. The van der Waals surface area contributed by atoms with Crippen molar-refractivity contribution in [3.05, 3.63) is 41.6 Å². The molecule has 0 saturated heterocycles. The van der Waals surface area contributed by atoms with Crippen LogP contribution >= 0.6 is 0 Å². The molecular formula is C12H9N3O3. The second kappa shape index (κ2) is 3.69. The molecule has 1 aromatic heterocycles. The van der Waals surface area contributed by atoms with Gasteiger partial charge in [0.15, 0.2) is 11.7 Å². The van der Waals surface area contributed by atoms with Crippen LogP contribution in [0, 0.1) is 5.41 Å². The first-order valence-corrected chi connectivity index (χ1v) is 5.29. The third-order valence-corrected chi connectivity index (χ3v) is 2.51. The summed E-state index contributed by atoms with van der Waals surface area (Å²) >= 11 is 0. The average Bonchev–Trinajstić information content (AvgIpc) is 2.93. The third kappa shape index (κ3) is 1.55. The molecule has 2 aliphatic rings. The molecule has 0 aliphatic carbocycles. The van der Waals surface area contributed by atoms with Gasteiger partial charge >= 0.3 is 0 Å². The number of aliphatic imine (C=N–C) groups is 1. The molecule has 18 heavy (non-hydrogen) atoms. The Morgan fingerprint density at radius 2 is 2.33 bits per heavy atom. The van der Waals surface area contributed by atoms with Crippen molar-refractivity contribution < 1.29 is 14.0 Å². The number of amidine groups is 2. The molecule has 6 heteroatoms. The van der Waals surface area contributed by atoms with Gasteiger partial charge in [0, 0.05) is 6.08 Å². The Morgan fingerprint density at radius 1 is 1.50 bits per heavy atom. The second-order valence-corrected chi connectivity index (χ2v) is 3.84. The van der Waals surface area contributed by atoms with Crippen molar-refractivity contribution in [3.63, 3.8) is 0 Å². The topological polar surface area (TPSA) is 78.9 Å². The molecule has 1 aromatic rings. The Labute approximate surface area is 102 Å². The molecule has 0 unspecified atom stereocenters. The van der Waals surface area contributed by atoms with E-state index in [0.717, 1.165) is 0 Å². The molecule has 1 amide bonds. The maximum absolute atomic E-state index is 11.8. The van der Waals surface area contributed by atoms with Crippen molar-refractivity contribution >= 4 is 23.7 Å². The largest absolute Gasteiger partial charge is 0.465 e. The summed E-state index contributed by atoms with van der Waals surface area (Å²) in [6, 6.07) is 3.40. The molecular weight excluding hydrogens is 234 g/mol. The lowest BCUT2D eigenvalue weighted by atomic mass is 10.1. The normalized spacial score (nSPS) is 20.7. The first kappa shape index (κ1) is 10.5. The Balaban J connectivity index is 2.01. The highest BCUT2D eigenvalue weighted by molar-refractivity contribution is 6.32. The number of nitrogens with zero attached hydrogens (tertiary/aromatic N) is 2.